The van der Waals surface area contributed by atoms with Gasteiger partial charge in [0.25, 0.3) is 0 Å². The van der Waals surface area contributed by atoms with E-state index in [9.17, 15) is 20.1 Å². The Labute approximate surface area is 152 Å². The van der Waals surface area contributed by atoms with Gasteiger partial charge >= 0.3 is 6.16 Å². The first-order chi connectivity index (χ1) is 12.4. The SMILES string of the molecule is CN(C)CCc1c[nH]c2cccc(OC(=O)OCC(CO)(CO)CO)c12. The Balaban J connectivity index is 2.12. The lowest BCUT2D eigenvalue weighted by atomic mass is 9.93. The Kier molecular flexibility index (Phi) is 6.98. The van der Waals surface area contributed by atoms with Crippen molar-refractivity contribution in [2.75, 3.05) is 47.1 Å². The summed E-state index contributed by atoms with van der Waals surface area (Å²) in [7, 11) is 3.97. The average Bonchev–Trinajstić information content (AvgIpc) is 3.06. The van der Waals surface area contributed by atoms with Gasteiger partial charge in [-0.25, -0.2) is 4.79 Å². The molecule has 0 aliphatic heterocycles. The highest BCUT2D eigenvalue weighted by Crippen LogP contribution is 2.29. The molecule has 1 aromatic heterocycles. The van der Waals surface area contributed by atoms with E-state index in [2.05, 4.69) is 9.88 Å². The van der Waals surface area contributed by atoms with E-state index in [1.165, 1.54) is 0 Å². The van der Waals surface area contributed by atoms with Crippen LogP contribution >= 0.6 is 0 Å². The van der Waals surface area contributed by atoms with Crippen LogP contribution in [-0.2, 0) is 11.2 Å². The van der Waals surface area contributed by atoms with Crippen molar-refractivity contribution in [3.05, 3.63) is 30.0 Å². The number of nitrogens with one attached hydrogen (secondary N) is 1. The zero-order valence-corrected chi connectivity index (χ0v) is 15.1. The molecule has 8 nitrogen and oxygen atoms in total. The Bertz CT molecular complexity index is 715. The van der Waals surface area contributed by atoms with Crippen LogP contribution < -0.4 is 4.74 Å². The van der Waals surface area contributed by atoms with Crippen LogP contribution in [0.25, 0.3) is 10.9 Å². The molecule has 0 spiro atoms. The molecule has 0 amide bonds. The lowest BCUT2D eigenvalue weighted by Crippen LogP contribution is -2.39. The number of aliphatic hydroxyl groups is 3. The van der Waals surface area contributed by atoms with Gasteiger partial charge in [0.05, 0.1) is 25.2 Å². The summed E-state index contributed by atoms with van der Waals surface area (Å²) in [6.07, 6.45) is 1.71. The molecule has 0 fully saturated rings. The maximum absolute atomic E-state index is 12.0. The van der Waals surface area contributed by atoms with Crippen molar-refractivity contribution in [1.29, 1.82) is 0 Å². The highest BCUT2D eigenvalue weighted by Gasteiger charge is 2.30. The number of nitrogens with zero attached hydrogens (tertiary/aromatic N) is 1. The molecule has 1 heterocycles. The quantitative estimate of drug-likeness (QED) is 0.382. The van der Waals surface area contributed by atoms with Crippen LogP contribution in [0.4, 0.5) is 4.79 Å². The fourth-order valence-corrected chi connectivity index (χ4v) is 2.46. The molecule has 0 radical (unpaired) electrons. The molecule has 8 heteroatoms. The van der Waals surface area contributed by atoms with Crippen molar-refractivity contribution in [3.8, 4) is 5.75 Å². The predicted octanol–water partition coefficient (Wildman–Crippen LogP) is 0.751. The van der Waals surface area contributed by atoms with E-state index in [0.29, 0.717) is 5.75 Å². The Morgan fingerprint density at radius 1 is 1.19 bits per heavy atom. The summed E-state index contributed by atoms with van der Waals surface area (Å²) in [5.74, 6) is 0.366. The normalized spacial score (nSPS) is 11.9. The Morgan fingerprint density at radius 2 is 1.88 bits per heavy atom. The Hall–Kier alpha value is -2.13. The topological polar surface area (TPSA) is 115 Å². The first-order valence-corrected chi connectivity index (χ1v) is 8.35. The number of carbonyl (C=O) groups excluding carboxylic acids is 1. The number of benzene rings is 1. The summed E-state index contributed by atoms with van der Waals surface area (Å²) < 4.78 is 10.3. The van der Waals surface area contributed by atoms with Crippen molar-refractivity contribution >= 4 is 17.1 Å². The van der Waals surface area contributed by atoms with E-state index in [1.807, 2.05) is 26.4 Å². The lowest BCUT2D eigenvalue weighted by molar-refractivity contribution is -0.0443. The largest absolute Gasteiger partial charge is 0.513 e. The van der Waals surface area contributed by atoms with Crippen LogP contribution in [0.2, 0.25) is 0 Å². The fraction of sp³-hybridized carbons (Fsp3) is 0.500. The number of rotatable bonds is 9. The number of H-pyrrole nitrogens is 1. The van der Waals surface area contributed by atoms with Gasteiger partial charge in [-0.05, 0) is 38.2 Å². The average molecular weight is 366 g/mol. The van der Waals surface area contributed by atoms with Crippen LogP contribution in [0.15, 0.2) is 24.4 Å². The number of aromatic nitrogens is 1. The number of aromatic amines is 1. The highest BCUT2D eigenvalue weighted by atomic mass is 16.7. The van der Waals surface area contributed by atoms with Crippen LogP contribution in [0.1, 0.15) is 5.56 Å². The predicted molar refractivity (Wildman–Crippen MR) is 96.2 cm³/mol. The second-order valence-electron chi connectivity index (χ2n) is 6.66. The van der Waals surface area contributed by atoms with Gasteiger partial charge in [0.1, 0.15) is 12.4 Å². The molecule has 144 valence electrons. The standard InChI is InChI=1S/C18H26N2O6/c1-20(2)7-6-13-8-19-14-4-3-5-15(16(13)14)26-17(24)25-12-18(9-21,10-22)11-23/h3-5,8,19,21-23H,6-7,9-12H2,1-2H3. The first-order valence-electron chi connectivity index (χ1n) is 8.35. The maximum atomic E-state index is 12.0. The minimum absolute atomic E-state index is 0.355. The minimum atomic E-state index is -1.30. The summed E-state index contributed by atoms with van der Waals surface area (Å²) in [4.78, 5) is 17.3. The molecular formula is C18H26N2O6. The van der Waals surface area contributed by atoms with Crippen molar-refractivity contribution in [2.24, 2.45) is 5.41 Å². The van der Waals surface area contributed by atoms with Gasteiger partial charge in [-0.1, -0.05) is 6.07 Å². The fourth-order valence-electron chi connectivity index (χ4n) is 2.46. The Morgan fingerprint density at radius 3 is 2.50 bits per heavy atom. The molecule has 0 aliphatic rings. The van der Waals surface area contributed by atoms with E-state index >= 15 is 0 Å². The van der Waals surface area contributed by atoms with Crippen molar-refractivity contribution in [2.45, 2.75) is 6.42 Å². The third-order valence-corrected chi connectivity index (χ3v) is 4.27. The van der Waals surface area contributed by atoms with E-state index in [1.54, 1.807) is 12.1 Å². The molecule has 0 unspecified atom stereocenters. The maximum Gasteiger partial charge on any atom is 0.513 e. The molecule has 2 rings (SSSR count). The number of ether oxygens (including phenoxy) is 2. The number of likely N-dealkylation sites (N-methyl/N-ethyl adjacent to an activating group) is 1. The van der Waals surface area contributed by atoms with Crippen molar-refractivity contribution in [3.63, 3.8) is 0 Å². The van der Waals surface area contributed by atoms with E-state index in [-0.39, 0.29) is 6.61 Å². The molecular weight excluding hydrogens is 340 g/mol. The summed E-state index contributed by atoms with van der Waals surface area (Å²) in [6.45, 7) is -1.07. The van der Waals surface area contributed by atoms with Crippen LogP contribution in [0, 0.1) is 5.41 Å². The van der Waals surface area contributed by atoms with Crippen LogP contribution in [-0.4, -0.2) is 78.4 Å². The van der Waals surface area contributed by atoms with Gasteiger partial charge in [0, 0.05) is 23.6 Å². The van der Waals surface area contributed by atoms with Crippen LogP contribution in [0.3, 0.4) is 0 Å². The number of aliphatic hydroxyl groups excluding tert-OH is 3. The molecule has 0 saturated carbocycles. The lowest BCUT2D eigenvalue weighted by Gasteiger charge is -2.26. The molecule has 1 aromatic carbocycles. The zero-order valence-electron chi connectivity index (χ0n) is 15.1. The smallest absolute Gasteiger partial charge is 0.433 e. The second kappa shape index (κ2) is 9.00. The molecule has 0 bridgehead atoms. The van der Waals surface area contributed by atoms with Crippen LogP contribution in [0.5, 0.6) is 5.75 Å². The number of fused-ring (bicyclic) bond motifs is 1. The van der Waals surface area contributed by atoms with Gasteiger partial charge in [0.15, 0.2) is 0 Å². The van der Waals surface area contributed by atoms with E-state index in [0.717, 1.165) is 29.4 Å². The van der Waals surface area contributed by atoms with Gasteiger partial charge < -0.3 is 34.7 Å². The molecule has 0 saturated heterocycles. The molecule has 0 atom stereocenters. The monoisotopic (exact) mass is 366 g/mol. The van der Waals surface area contributed by atoms with E-state index < -0.39 is 31.4 Å². The third kappa shape index (κ3) is 4.73. The van der Waals surface area contributed by atoms with E-state index in [4.69, 9.17) is 9.47 Å². The number of hydrogen-bond acceptors (Lipinski definition) is 7. The van der Waals surface area contributed by atoms with Gasteiger partial charge in [-0.3, -0.25) is 0 Å². The second-order valence-corrected chi connectivity index (χ2v) is 6.66. The summed E-state index contributed by atoms with van der Waals surface area (Å²) >= 11 is 0. The van der Waals surface area contributed by atoms with Crippen molar-refractivity contribution < 1.29 is 29.6 Å². The molecule has 26 heavy (non-hydrogen) atoms. The first kappa shape index (κ1) is 20.2. The summed E-state index contributed by atoms with van der Waals surface area (Å²) in [5, 5.41) is 28.6. The van der Waals surface area contributed by atoms with Gasteiger partial charge in [-0.15, -0.1) is 0 Å². The summed E-state index contributed by atoms with van der Waals surface area (Å²) in [5.41, 5.74) is 0.572. The third-order valence-electron chi connectivity index (χ3n) is 4.27. The molecule has 0 aliphatic carbocycles. The number of carbonyl (C=O) groups is 1. The minimum Gasteiger partial charge on any atom is -0.433 e. The zero-order chi connectivity index (χ0) is 19.2. The highest BCUT2D eigenvalue weighted by molar-refractivity contribution is 5.90. The molecule has 2 aromatic rings. The summed E-state index contributed by atoms with van der Waals surface area (Å²) in [6, 6.07) is 5.33. The number of hydrogen-bond donors (Lipinski definition) is 4. The molecule has 4 N–H and O–H groups in total. The van der Waals surface area contributed by atoms with Gasteiger partial charge in [-0.2, -0.15) is 0 Å². The van der Waals surface area contributed by atoms with Crippen molar-refractivity contribution in [1.82, 2.24) is 9.88 Å². The van der Waals surface area contributed by atoms with Gasteiger partial charge in [0.2, 0.25) is 0 Å².